The third kappa shape index (κ3) is 5.51. The maximum absolute atomic E-state index is 5.73. The highest BCUT2D eigenvalue weighted by molar-refractivity contribution is 5.27. The van der Waals surface area contributed by atoms with Crippen molar-refractivity contribution in [3.63, 3.8) is 0 Å². The molecule has 1 unspecified atom stereocenters. The summed E-state index contributed by atoms with van der Waals surface area (Å²) in [6.45, 7) is 6.97. The molecule has 112 valence electrons. The quantitative estimate of drug-likeness (QED) is 0.774. The van der Waals surface area contributed by atoms with E-state index in [2.05, 4.69) is 17.4 Å². The molecule has 0 bridgehead atoms. The van der Waals surface area contributed by atoms with Gasteiger partial charge in [-0.15, -0.1) is 0 Å². The SMILES string of the molecule is CC(C)Oc1ccc(CNCCC2CCCCO2)cc1. The zero-order valence-corrected chi connectivity index (χ0v) is 12.7. The second-order valence-electron chi connectivity index (χ2n) is 5.76. The minimum Gasteiger partial charge on any atom is -0.491 e. The van der Waals surface area contributed by atoms with Crippen LogP contribution in [0, 0.1) is 0 Å². The lowest BCUT2D eigenvalue weighted by molar-refractivity contribution is 0.0115. The molecule has 0 saturated carbocycles. The Morgan fingerprint density at radius 2 is 2.05 bits per heavy atom. The van der Waals surface area contributed by atoms with Gasteiger partial charge in [-0.05, 0) is 63.8 Å². The normalized spacial score (nSPS) is 19.2. The third-order valence-electron chi connectivity index (χ3n) is 3.54. The van der Waals surface area contributed by atoms with Gasteiger partial charge < -0.3 is 14.8 Å². The van der Waals surface area contributed by atoms with Crippen molar-refractivity contribution < 1.29 is 9.47 Å². The second kappa shape index (κ2) is 8.28. The van der Waals surface area contributed by atoms with E-state index in [0.717, 1.165) is 31.9 Å². The Kier molecular flexibility index (Phi) is 6.34. The Morgan fingerprint density at radius 1 is 1.25 bits per heavy atom. The Hall–Kier alpha value is -1.06. The van der Waals surface area contributed by atoms with E-state index >= 15 is 0 Å². The standard InChI is InChI=1S/C17H27NO2/c1-14(2)20-17-8-6-15(7-9-17)13-18-11-10-16-5-3-4-12-19-16/h6-9,14,16,18H,3-5,10-13H2,1-2H3. The summed E-state index contributed by atoms with van der Waals surface area (Å²) in [6.07, 6.45) is 5.60. The van der Waals surface area contributed by atoms with Crippen LogP contribution in [-0.4, -0.2) is 25.4 Å². The Bertz CT molecular complexity index is 369. The highest BCUT2D eigenvalue weighted by atomic mass is 16.5. The van der Waals surface area contributed by atoms with Gasteiger partial charge in [-0.1, -0.05) is 12.1 Å². The van der Waals surface area contributed by atoms with E-state index in [-0.39, 0.29) is 6.10 Å². The molecule has 1 aliphatic rings. The molecule has 0 radical (unpaired) electrons. The van der Waals surface area contributed by atoms with Gasteiger partial charge in [-0.3, -0.25) is 0 Å². The van der Waals surface area contributed by atoms with Crippen molar-refractivity contribution in [3.8, 4) is 5.75 Å². The topological polar surface area (TPSA) is 30.5 Å². The predicted molar refractivity (Wildman–Crippen MR) is 82.1 cm³/mol. The van der Waals surface area contributed by atoms with Crippen molar-refractivity contribution in [3.05, 3.63) is 29.8 Å². The van der Waals surface area contributed by atoms with Gasteiger partial charge in [0, 0.05) is 13.2 Å². The number of hydrogen-bond acceptors (Lipinski definition) is 3. The summed E-state index contributed by atoms with van der Waals surface area (Å²) < 4.78 is 11.4. The largest absolute Gasteiger partial charge is 0.491 e. The van der Waals surface area contributed by atoms with Crippen molar-refractivity contribution >= 4 is 0 Å². The van der Waals surface area contributed by atoms with Crippen LogP contribution in [0.2, 0.25) is 0 Å². The van der Waals surface area contributed by atoms with Gasteiger partial charge in [0.1, 0.15) is 5.75 Å². The van der Waals surface area contributed by atoms with E-state index in [9.17, 15) is 0 Å². The van der Waals surface area contributed by atoms with Gasteiger partial charge in [0.15, 0.2) is 0 Å². The fraction of sp³-hybridized carbons (Fsp3) is 0.647. The lowest BCUT2D eigenvalue weighted by Gasteiger charge is -2.22. The first kappa shape index (κ1) is 15.3. The number of rotatable bonds is 7. The van der Waals surface area contributed by atoms with Crippen LogP contribution in [0.1, 0.15) is 45.1 Å². The summed E-state index contributed by atoms with van der Waals surface area (Å²) in [5.41, 5.74) is 1.30. The minimum absolute atomic E-state index is 0.231. The molecule has 2 rings (SSSR count). The van der Waals surface area contributed by atoms with Gasteiger partial charge in [0.05, 0.1) is 12.2 Å². The third-order valence-corrected chi connectivity index (χ3v) is 3.54. The van der Waals surface area contributed by atoms with E-state index in [1.807, 2.05) is 26.0 Å². The van der Waals surface area contributed by atoms with Gasteiger partial charge in [-0.25, -0.2) is 0 Å². The van der Waals surface area contributed by atoms with Crippen LogP contribution in [0.15, 0.2) is 24.3 Å². The van der Waals surface area contributed by atoms with Crippen molar-refractivity contribution in [2.24, 2.45) is 0 Å². The molecule has 1 heterocycles. The Morgan fingerprint density at radius 3 is 2.70 bits per heavy atom. The molecule has 0 aromatic heterocycles. The summed E-state index contributed by atoms with van der Waals surface area (Å²) in [6, 6.07) is 8.34. The molecule has 0 aliphatic carbocycles. The molecule has 1 aromatic rings. The maximum atomic E-state index is 5.73. The highest BCUT2D eigenvalue weighted by Gasteiger charge is 2.12. The molecule has 0 amide bonds. The molecule has 1 N–H and O–H groups in total. The summed E-state index contributed by atoms with van der Waals surface area (Å²) in [5, 5.41) is 3.49. The number of benzene rings is 1. The second-order valence-corrected chi connectivity index (χ2v) is 5.76. The zero-order valence-electron chi connectivity index (χ0n) is 12.7. The molecule has 1 saturated heterocycles. The van der Waals surface area contributed by atoms with Crippen LogP contribution >= 0.6 is 0 Å². The zero-order chi connectivity index (χ0) is 14.2. The maximum Gasteiger partial charge on any atom is 0.119 e. The van der Waals surface area contributed by atoms with Crippen LogP contribution in [-0.2, 0) is 11.3 Å². The molecule has 1 aliphatic heterocycles. The van der Waals surface area contributed by atoms with Crippen LogP contribution < -0.4 is 10.1 Å². The van der Waals surface area contributed by atoms with Crippen molar-refractivity contribution in [2.45, 2.75) is 58.3 Å². The molecule has 1 aromatic carbocycles. The van der Waals surface area contributed by atoms with Crippen molar-refractivity contribution in [2.75, 3.05) is 13.2 Å². The molecule has 3 nitrogen and oxygen atoms in total. The number of nitrogens with one attached hydrogen (secondary N) is 1. The first-order valence-corrected chi connectivity index (χ1v) is 7.82. The van der Waals surface area contributed by atoms with Crippen LogP contribution in [0.3, 0.4) is 0 Å². The predicted octanol–water partition coefficient (Wildman–Crippen LogP) is 3.52. The lowest BCUT2D eigenvalue weighted by Crippen LogP contribution is -2.25. The van der Waals surface area contributed by atoms with Crippen LogP contribution in [0.25, 0.3) is 0 Å². The van der Waals surface area contributed by atoms with E-state index in [4.69, 9.17) is 9.47 Å². The van der Waals surface area contributed by atoms with Gasteiger partial charge in [0.2, 0.25) is 0 Å². The minimum atomic E-state index is 0.231. The van der Waals surface area contributed by atoms with E-state index in [1.54, 1.807) is 0 Å². The number of hydrogen-bond donors (Lipinski definition) is 1. The fourth-order valence-electron chi connectivity index (χ4n) is 2.49. The van der Waals surface area contributed by atoms with E-state index in [1.165, 1.54) is 24.8 Å². The molecule has 3 heteroatoms. The first-order chi connectivity index (χ1) is 9.74. The monoisotopic (exact) mass is 277 g/mol. The van der Waals surface area contributed by atoms with Gasteiger partial charge in [-0.2, -0.15) is 0 Å². The molecule has 1 atom stereocenters. The summed E-state index contributed by atoms with van der Waals surface area (Å²) in [5.74, 6) is 0.944. The molecule has 20 heavy (non-hydrogen) atoms. The van der Waals surface area contributed by atoms with E-state index < -0.39 is 0 Å². The molecular formula is C17H27NO2. The molecule has 0 spiro atoms. The van der Waals surface area contributed by atoms with Crippen LogP contribution in [0.4, 0.5) is 0 Å². The number of ether oxygens (including phenoxy) is 2. The van der Waals surface area contributed by atoms with Gasteiger partial charge in [0.25, 0.3) is 0 Å². The summed E-state index contributed by atoms with van der Waals surface area (Å²) in [7, 11) is 0. The van der Waals surface area contributed by atoms with Crippen molar-refractivity contribution in [1.82, 2.24) is 5.32 Å². The average Bonchev–Trinajstić information content (AvgIpc) is 2.46. The summed E-state index contributed by atoms with van der Waals surface area (Å²) >= 11 is 0. The van der Waals surface area contributed by atoms with Crippen molar-refractivity contribution in [1.29, 1.82) is 0 Å². The van der Waals surface area contributed by atoms with Crippen LogP contribution in [0.5, 0.6) is 5.75 Å². The first-order valence-electron chi connectivity index (χ1n) is 7.82. The van der Waals surface area contributed by atoms with E-state index in [0.29, 0.717) is 6.10 Å². The Labute approximate surface area is 122 Å². The van der Waals surface area contributed by atoms with Gasteiger partial charge >= 0.3 is 0 Å². The fourth-order valence-corrected chi connectivity index (χ4v) is 2.49. The summed E-state index contributed by atoms with van der Waals surface area (Å²) in [4.78, 5) is 0. The molecular weight excluding hydrogens is 250 g/mol. The lowest BCUT2D eigenvalue weighted by atomic mass is 10.1. The smallest absolute Gasteiger partial charge is 0.119 e. The molecule has 1 fully saturated rings. The highest BCUT2D eigenvalue weighted by Crippen LogP contribution is 2.15. The average molecular weight is 277 g/mol. The Balaban J connectivity index is 1.63.